The number of carbonyl (C=O) groups is 1. The Morgan fingerprint density at radius 2 is 1.94 bits per heavy atom. The summed E-state index contributed by atoms with van der Waals surface area (Å²) >= 11 is 0. The quantitative estimate of drug-likeness (QED) is 0.721. The van der Waals surface area contributed by atoms with Gasteiger partial charge in [-0.25, -0.2) is 0 Å². The largest absolute Gasteiger partial charge is 0.348 e. The summed E-state index contributed by atoms with van der Waals surface area (Å²) in [4.78, 5) is 12.1. The van der Waals surface area contributed by atoms with Crippen molar-refractivity contribution in [3.05, 3.63) is 23.5 Å². The second kappa shape index (κ2) is 3.72. The first-order chi connectivity index (χ1) is 8.07. The van der Waals surface area contributed by atoms with Crippen LogP contribution in [0, 0.1) is 5.41 Å². The molecule has 0 aromatic carbocycles. The Balaban J connectivity index is 2.01. The fourth-order valence-corrected chi connectivity index (χ4v) is 3.49. The van der Waals surface area contributed by atoms with E-state index in [-0.39, 0.29) is 5.41 Å². The van der Waals surface area contributed by atoms with Crippen molar-refractivity contribution < 1.29 is 4.79 Å². The van der Waals surface area contributed by atoms with Crippen LogP contribution < -0.4 is 0 Å². The predicted molar refractivity (Wildman–Crippen MR) is 68.4 cm³/mol. The van der Waals surface area contributed by atoms with Crippen molar-refractivity contribution in [3.8, 4) is 0 Å². The Morgan fingerprint density at radius 1 is 1.24 bits per heavy atom. The monoisotopic (exact) mass is 231 g/mol. The van der Waals surface area contributed by atoms with Crippen LogP contribution in [0.5, 0.6) is 0 Å². The van der Waals surface area contributed by atoms with E-state index in [4.69, 9.17) is 0 Å². The van der Waals surface area contributed by atoms with Crippen LogP contribution in [0.2, 0.25) is 0 Å². The average Bonchev–Trinajstić information content (AvgIpc) is 2.82. The van der Waals surface area contributed by atoms with Gasteiger partial charge in [0.15, 0.2) is 5.78 Å². The molecular formula is C15H21NO. The molecule has 0 N–H and O–H groups in total. The van der Waals surface area contributed by atoms with Crippen molar-refractivity contribution in [1.82, 2.24) is 4.57 Å². The maximum Gasteiger partial charge on any atom is 0.165 e. The molecule has 0 atom stereocenters. The van der Waals surface area contributed by atoms with Crippen LogP contribution in [-0.2, 0) is 6.42 Å². The van der Waals surface area contributed by atoms with Crippen LogP contribution in [0.15, 0.2) is 12.3 Å². The zero-order valence-electron chi connectivity index (χ0n) is 10.8. The van der Waals surface area contributed by atoms with Crippen LogP contribution in [0.4, 0.5) is 0 Å². The van der Waals surface area contributed by atoms with Gasteiger partial charge in [0.2, 0.25) is 0 Å². The zero-order valence-corrected chi connectivity index (χ0v) is 10.8. The zero-order chi connectivity index (χ0) is 12.0. The molecule has 92 valence electrons. The van der Waals surface area contributed by atoms with Crippen LogP contribution in [0.25, 0.3) is 0 Å². The molecule has 1 fully saturated rings. The molecule has 0 spiro atoms. The first-order valence-electron chi connectivity index (χ1n) is 6.80. The number of rotatable bonds is 1. The summed E-state index contributed by atoms with van der Waals surface area (Å²) in [5.41, 5.74) is 2.44. The smallest absolute Gasteiger partial charge is 0.165 e. The molecule has 1 saturated carbocycles. The summed E-state index contributed by atoms with van der Waals surface area (Å²) in [7, 11) is 0. The third-order valence-corrected chi connectivity index (χ3v) is 4.33. The number of hydrogen-bond acceptors (Lipinski definition) is 1. The summed E-state index contributed by atoms with van der Waals surface area (Å²) < 4.78 is 2.40. The van der Waals surface area contributed by atoms with Gasteiger partial charge in [-0.15, -0.1) is 0 Å². The summed E-state index contributed by atoms with van der Waals surface area (Å²) in [5, 5.41) is 0. The minimum absolute atomic E-state index is 0.138. The van der Waals surface area contributed by atoms with Crippen LogP contribution in [0.3, 0.4) is 0 Å². The molecule has 0 radical (unpaired) electrons. The van der Waals surface area contributed by atoms with Crippen molar-refractivity contribution in [1.29, 1.82) is 0 Å². The van der Waals surface area contributed by atoms with Gasteiger partial charge >= 0.3 is 0 Å². The second-order valence-electron chi connectivity index (χ2n) is 6.46. The average molecular weight is 231 g/mol. The van der Waals surface area contributed by atoms with E-state index in [1.54, 1.807) is 0 Å². The first-order valence-corrected chi connectivity index (χ1v) is 6.80. The SMILES string of the molecule is CC1(C)CC(=O)c2ccn(C3CCCC3)c2C1. The molecule has 0 aliphatic heterocycles. The lowest BCUT2D eigenvalue weighted by molar-refractivity contribution is 0.0909. The number of aromatic nitrogens is 1. The van der Waals surface area contributed by atoms with E-state index in [1.807, 2.05) is 6.07 Å². The van der Waals surface area contributed by atoms with E-state index in [1.165, 1.54) is 31.4 Å². The molecule has 1 heterocycles. The van der Waals surface area contributed by atoms with Crippen molar-refractivity contribution in [2.24, 2.45) is 5.41 Å². The Bertz CT molecular complexity index is 449. The molecule has 2 aliphatic rings. The minimum Gasteiger partial charge on any atom is -0.348 e. The van der Waals surface area contributed by atoms with Crippen LogP contribution >= 0.6 is 0 Å². The first kappa shape index (κ1) is 11.1. The van der Waals surface area contributed by atoms with E-state index in [0.717, 1.165) is 12.0 Å². The Labute approximate surface area is 103 Å². The molecule has 17 heavy (non-hydrogen) atoms. The van der Waals surface area contributed by atoms with Crippen LogP contribution in [0.1, 0.15) is 68.0 Å². The lowest BCUT2D eigenvalue weighted by atomic mass is 9.76. The highest BCUT2D eigenvalue weighted by Gasteiger charge is 2.34. The van der Waals surface area contributed by atoms with E-state index >= 15 is 0 Å². The molecule has 1 aromatic heterocycles. The summed E-state index contributed by atoms with van der Waals surface area (Å²) in [6.07, 6.45) is 9.17. The maximum atomic E-state index is 12.1. The van der Waals surface area contributed by atoms with Crippen molar-refractivity contribution >= 4 is 5.78 Å². The molecule has 2 nitrogen and oxygen atoms in total. The van der Waals surface area contributed by atoms with Crippen molar-refractivity contribution in [2.45, 2.75) is 58.4 Å². The lowest BCUT2D eigenvalue weighted by Crippen LogP contribution is -2.28. The fraction of sp³-hybridized carbons (Fsp3) is 0.667. The minimum atomic E-state index is 0.138. The molecule has 2 aliphatic carbocycles. The molecule has 0 amide bonds. The third kappa shape index (κ3) is 1.84. The van der Waals surface area contributed by atoms with Crippen molar-refractivity contribution in [3.63, 3.8) is 0 Å². The summed E-state index contributed by atoms with van der Waals surface area (Å²) in [5.74, 6) is 0.341. The molecule has 1 aromatic rings. The third-order valence-electron chi connectivity index (χ3n) is 4.33. The second-order valence-corrected chi connectivity index (χ2v) is 6.46. The van der Waals surface area contributed by atoms with Gasteiger partial charge in [0.05, 0.1) is 0 Å². The van der Waals surface area contributed by atoms with E-state index in [0.29, 0.717) is 18.2 Å². The number of ketones is 1. The summed E-state index contributed by atoms with van der Waals surface area (Å²) in [6.45, 7) is 4.42. The Morgan fingerprint density at radius 3 is 2.65 bits per heavy atom. The maximum absolute atomic E-state index is 12.1. The highest BCUT2D eigenvalue weighted by molar-refractivity contribution is 5.98. The number of fused-ring (bicyclic) bond motifs is 1. The molecule has 3 rings (SSSR count). The summed E-state index contributed by atoms with van der Waals surface area (Å²) in [6, 6.07) is 2.70. The number of hydrogen-bond donors (Lipinski definition) is 0. The van der Waals surface area contributed by atoms with Crippen LogP contribution in [-0.4, -0.2) is 10.4 Å². The highest BCUT2D eigenvalue weighted by atomic mass is 16.1. The molecule has 2 heteroatoms. The highest BCUT2D eigenvalue weighted by Crippen LogP contribution is 2.39. The van der Waals surface area contributed by atoms with Gasteiger partial charge in [0.1, 0.15) is 0 Å². The Kier molecular flexibility index (Phi) is 2.42. The normalized spacial score (nSPS) is 24.0. The van der Waals surface area contributed by atoms with Gasteiger partial charge in [-0.2, -0.15) is 0 Å². The predicted octanol–water partition coefficient (Wildman–Crippen LogP) is 3.76. The van der Waals surface area contributed by atoms with Gasteiger partial charge in [-0.1, -0.05) is 26.7 Å². The number of Topliss-reactive ketones (excluding diaryl/α,β-unsaturated/α-hetero) is 1. The number of nitrogens with zero attached hydrogens (tertiary/aromatic N) is 1. The molecular weight excluding hydrogens is 210 g/mol. The van der Waals surface area contributed by atoms with Crippen molar-refractivity contribution in [2.75, 3.05) is 0 Å². The molecule has 0 saturated heterocycles. The van der Waals surface area contributed by atoms with Gasteiger partial charge in [-0.3, -0.25) is 4.79 Å². The van der Waals surface area contributed by atoms with E-state index in [2.05, 4.69) is 24.6 Å². The number of carbonyl (C=O) groups excluding carboxylic acids is 1. The van der Waals surface area contributed by atoms with Gasteiger partial charge in [0.25, 0.3) is 0 Å². The molecule has 0 bridgehead atoms. The lowest BCUT2D eigenvalue weighted by Gasteiger charge is -2.31. The van der Waals surface area contributed by atoms with Gasteiger partial charge in [-0.05, 0) is 30.7 Å². The standard InChI is InChI=1S/C15H21NO/c1-15(2)9-13-12(14(17)10-15)7-8-16(13)11-5-3-4-6-11/h7-8,11H,3-6,9-10H2,1-2H3. The van der Waals surface area contributed by atoms with Gasteiger partial charge < -0.3 is 4.57 Å². The Hall–Kier alpha value is -1.05. The van der Waals surface area contributed by atoms with E-state index in [9.17, 15) is 4.79 Å². The van der Waals surface area contributed by atoms with E-state index < -0.39 is 0 Å². The van der Waals surface area contributed by atoms with Gasteiger partial charge in [0, 0.05) is 29.9 Å². The molecule has 0 unspecified atom stereocenters. The fourth-order valence-electron chi connectivity index (χ4n) is 3.49. The topological polar surface area (TPSA) is 22.0 Å².